The molecule has 1 amide bonds. The van der Waals surface area contributed by atoms with E-state index in [1.807, 2.05) is 0 Å². The van der Waals surface area contributed by atoms with E-state index in [9.17, 15) is 9.59 Å². The molecule has 2 atom stereocenters. The SMILES string of the molecule is COc1ccc(/C=C/C(=O)OCC(=O)N2C[C@H](C)C[C@H](C)C2)c(OC)c1. The summed E-state index contributed by atoms with van der Waals surface area (Å²) in [5.41, 5.74) is 0.718. The highest BCUT2D eigenvalue weighted by molar-refractivity contribution is 5.89. The number of methoxy groups -OCH3 is 2. The van der Waals surface area contributed by atoms with Gasteiger partial charge in [-0.2, -0.15) is 0 Å². The lowest BCUT2D eigenvalue weighted by Crippen LogP contribution is -2.44. The lowest BCUT2D eigenvalue weighted by atomic mass is 9.92. The first-order chi connectivity index (χ1) is 12.4. The Bertz CT molecular complexity index is 660. The van der Waals surface area contributed by atoms with Crippen LogP contribution in [0, 0.1) is 11.8 Å². The van der Waals surface area contributed by atoms with E-state index in [1.165, 1.54) is 6.08 Å². The van der Waals surface area contributed by atoms with Crippen molar-refractivity contribution in [1.29, 1.82) is 0 Å². The quantitative estimate of drug-likeness (QED) is 0.576. The van der Waals surface area contributed by atoms with Crippen LogP contribution in [0.1, 0.15) is 25.8 Å². The number of hydrogen-bond acceptors (Lipinski definition) is 5. The molecule has 0 spiro atoms. The highest BCUT2D eigenvalue weighted by atomic mass is 16.5. The molecule has 0 bridgehead atoms. The molecule has 2 rings (SSSR count). The largest absolute Gasteiger partial charge is 0.497 e. The Morgan fingerprint density at radius 3 is 2.46 bits per heavy atom. The van der Waals surface area contributed by atoms with Crippen LogP contribution < -0.4 is 9.47 Å². The molecule has 0 radical (unpaired) electrons. The van der Waals surface area contributed by atoms with Crippen LogP contribution in [0.2, 0.25) is 0 Å². The van der Waals surface area contributed by atoms with E-state index in [2.05, 4.69) is 13.8 Å². The average molecular weight is 361 g/mol. The van der Waals surface area contributed by atoms with E-state index in [4.69, 9.17) is 14.2 Å². The molecule has 6 nitrogen and oxygen atoms in total. The lowest BCUT2D eigenvalue weighted by molar-refractivity contribution is -0.149. The molecule has 1 heterocycles. The Hall–Kier alpha value is -2.50. The number of benzene rings is 1. The van der Waals surface area contributed by atoms with Crippen molar-refractivity contribution in [3.63, 3.8) is 0 Å². The van der Waals surface area contributed by atoms with Gasteiger partial charge in [-0.25, -0.2) is 4.79 Å². The Morgan fingerprint density at radius 1 is 1.15 bits per heavy atom. The Kier molecular flexibility index (Phi) is 7.06. The van der Waals surface area contributed by atoms with E-state index in [-0.39, 0.29) is 12.5 Å². The second-order valence-electron chi connectivity index (χ2n) is 6.79. The van der Waals surface area contributed by atoms with E-state index >= 15 is 0 Å². The molecule has 1 aliphatic rings. The number of rotatable bonds is 6. The Balaban J connectivity index is 1.88. The molecule has 0 aliphatic carbocycles. The van der Waals surface area contributed by atoms with E-state index in [1.54, 1.807) is 43.4 Å². The van der Waals surface area contributed by atoms with Crippen LogP contribution in [0.4, 0.5) is 0 Å². The molecule has 0 N–H and O–H groups in total. The van der Waals surface area contributed by atoms with Crippen molar-refractivity contribution in [3.8, 4) is 11.5 Å². The number of piperidine rings is 1. The van der Waals surface area contributed by atoms with Crippen molar-refractivity contribution in [2.75, 3.05) is 33.9 Å². The van der Waals surface area contributed by atoms with E-state index in [0.717, 1.165) is 25.1 Å². The zero-order valence-electron chi connectivity index (χ0n) is 15.9. The second-order valence-corrected chi connectivity index (χ2v) is 6.79. The average Bonchev–Trinajstić information content (AvgIpc) is 2.63. The number of carbonyl (C=O) groups excluding carboxylic acids is 2. The van der Waals surface area contributed by atoms with Gasteiger partial charge in [0.05, 0.1) is 14.2 Å². The van der Waals surface area contributed by atoms with E-state index < -0.39 is 5.97 Å². The van der Waals surface area contributed by atoms with Crippen LogP contribution in [-0.4, -0.2) is 50.7 Å². The first kappa shape index (κ1) is 19.8. The molecular formula is C20H27NO5. The minimum Gasteiger partial charge on any atom is -0.497 e. The number of likely N-dealkylation sites (tertiary alicyclic amines) is 1. The normalized spacial score (nSPS) is 20.1. The summed E-state index contributed by atoms with van der Waals surface area (Å²) in [4.78, 5) is 25.9. The van der Waals surface area contributed by atoms with Crippen molar-refractivity contribution in [1.82, 2.24) is 4.90 Å². The fraction of sp³-hybridized carbons (Fsp3) is 0.500. The third-order valence-electron chi connectivity index (χ3n) is 4.40. The molecule has 0 aromatic heterocycles. The summed E-state index contributed by atoms with van der Waals surface area (Å²) in [6.07, 6.45) is 4.01. The molecule has 1 aromatic rings. The Morgan fingerprint density at radius 2 is 1.85 bits per heavy atom. The van der Waals surface area contributed by atoms with Gasteiger partial charge in [-0.15, -0.1) is 0 Å². The molecule has 1 aliphatic heterocycles. The van der Waals surface area contributed by atoms with Crippen LogP contribution in [-0.2, 0) is 14.3 Å². The van der Waals surface area contributed by atoms with Crippen molar-refractivity contribution in [2.45, 2.75) is 20.3 Å². The summed E-state index contributed by atoms with van der Waals surface area (Å²) in [6, 6.07) is 5.28. The van der Waals surface area contributed by atoms with Gasteiger partial charge < -0.3 is 19.1 Å². The maximum atomic E-state index is 12.2. The molecule has 1 fully saturated rings. The number of carbonyl (C=O) groups is 2. The van der Waals surface area contributed by atoms with Crippen LogP contribution >= 0.6 is 0 Å². The predicted octanol–water partition coefficient (Wildman–Crippen LogP) is 2.76. The van der Waals surface area contributed by atoms with Crippen LogP contribution in [0.15, 0.2) is 24.3 Å². The van der Waals surface area contributed by atoms with Gasteiger partial charge in [0.15, 0.2) is 6.61 Å². The molecule has 26 heavy (non-hydrogen) atoms. The third-order valence-corrected chi connectivity index (χ3v) is 4.40. The fourth-order valence-corrected chi connectivity index (χ4v) is 3.25. The number of esters is 1. The minimum absolute atomic E-state index is 0.146. The molecule has 0 unspecified atom stereocenters. The number of amides is 1. The summed E-state index contributed by atoms with van der Waals surface area (Å²) in [5.74, 6) is 1.49. The zero-order chi connectivity index (χ0) is 19.1. The van der Waals surface area contributed by atoms with Gasteiger partial charge in [-0.1, -0.05) is 13.8 Å². The van der Waals surface area contributed by atoms with E-state index in [0.29, 0.717) is 23.3 Å². The third kappa shape index (κ3) is 5.51. The van der Waals surface area contributed by atoms with Crippen LogP contribution in [0.3, 0.4) is 0 Å². The molecule has 6 heteroatoms. The topological polar surface area (TPSA) is 65.1 Å². The highest BCUT2D eigenvalue weighted by Crippen LogP contribution is 2.25. The maximum absolute atomic E-state index is 12.2. The second kappa shape index (κ2) is 9.27. The van der Waals surface area contributed by atoms with Gasteiger partial charge in [0.1, 0.15) is 11.5 Å². The highest BCUT2D eigenvalue weighted by Gasteiger charge is 2.25. The van der Waals surface area contributed by atoms with Crippen molar-refractivity contribution in [2.24, 2.45) is 11.8 Å². The minimum atomic E-state index is -0.561. The number of ether oxygens (including phenoxy) is 3. The number of nitrogens with zero attached hydrogens (tertiary/aromatic N) is 1. The Labute approximate surface area is 154 Å². The van der Waals surface area contributed by atoms with Crippen molar-refractivity contribution >= 4 is 18.0 Å². The molecule has 0 saturated carbocycles. The van der Waals surface area contributed by atoms with Crippen LogP contribution in [0.25, 0.3) is 6.08 Å². The molecule has 1 saturated heterocycles. The summed E-state index contributed by atoms with van der Waals surface area (Å²) in [6.45, 7) is 5.47. The lowest BCUT2D eigenvalue weighted by Gasteiger charge is -2.34. The van der Waals surface area contributed by atoms with Gasteiger partial charge in [-0.3, -0.25) is 4.79 Å². The van der Waals surface area contributed by atoms with Gasteiger partial charge in [-0.05, 0) is 36.5 Å². The standard InChI is InChI=1S/C20H27NO5/c1-14-9-15(2)12-21(11-14)19(22)13-26-20(23)8-6-16-5-7-17(24-3)10-18(16)25-4/h5-8,10,14-15H,9,11-13H2,1-4H3/b8-6+/t14-,15+. The fourth-order valence-electron chi connectivity index (χ4n) is 3.25. The van der Waals surface area contributed by atoms with Gasteiger partial charge in [0, 0.05) is 30.8 Å². The number of hydrogen-bond donors (Lipinski definition) is 0. The predicted molar refractivity (Wildman–Crippen MR) is 99.1 cm³/mol. The molecular weight excluding hydrogens is 334 g/mol. The summed E-state index contributed by atoms with van der Waals surface area (Å²) in [5, 5.41) is 0. The first-order valence-electron chi connectivity index (χ1n) is 8.77. The maximum Gasteiger partial charge on any atom is 0.331 e. The van der Waals surface area contributed by atoms with Crippen LogP contribution in [0.5, 0.6) is 11.5 Å². The summed E-state index contributed by atoms with van der Waals surface area (Å²) in [7, 11) is 3.12. The van der Waals surface area contributed by atoms with Crippen molar-refractivity contribution in [3.05, 3.63) is 29.8 Å². The first-order valence-corrected chi connectivity index (χ1v) is 8.77. The molecule has 1 aromatic carbocycles. The smallest absolute Gasteiger partial charge is 0.331 e. The van der Waals surface area contributed by atoms with Gasteiger partial charge in [0.25, 0.3) is 5.91 Å². The van der Waals surface area contributed by atoms with Crippen molar-refractivity contribution < 1.29 is 23.8 Å². The zero-order valence-corrected chi connectivity index (χ0v) is 15.9. The van der Waals surface area contributed by atoms with Gasteiger partial charge >= 0.3 is 5.97 Å². The van der Waals surface area contributed by atoms with Gasteiger partial charge in [0.2, 0.25) is 0 Å². The summed E-state index contributed by atoms with van der Waals surface area (Å²) < 4.78 is 15.5. The summed E-state index contributed by atoms with van der Waals surface area (Å²) >= 11 is 0. The monoisotopic (exact) mass is 361 g/mol. The molecule has 142 valence electrons.